The Morgan fingerprint density at radius 2 is 2.05 bits per heavy atom. The number of H-pyrrole nitrogens is 1. The van der Waals surface area contributed by atoms with Gasteiger partial charge in [0.15, 0.2) is 0 Å². The van der Waals surface area contributed by atoms with E-state index in [-0.39, 0.29) is 5.56 Å². The fourth-order valence-electron chi connectivity index (χ4n) is 2.03. The number of aryl methyl sites for hydroxylation is 2. The van der Waals surface area contributed by atoms with Gasteiger partial charge in [0.1, 0.15) is 5.75 Å². The molecule has 0 fully saturated rings. The molecule has 0 saturated heterocycles. The average Bonchev–Trinajstić information content (AvgIpc) is 2.40. The van der Waals surface area contributed by atoms with Gasteiger partial charge in [0.2, 0.25) is 0 Å². The quantitative estimate of drug-likeness (QED) is 0.874. The second-order valence-electron chi connectivity index (χ2n) is 4.50. The van der Waals surface area contributed by atoms with Gasteiger partial charge >= 0.3 is 0 Å². The molecule has 0 amide bonds. The van der Waals surface area contributed by atoms with Gasteiger partial charge < -0.3 is 10.5 Å². The lowest BCUT2D eigenvalue weighted by atomic mass is 9.99. The Kier molecular flexibility index (Phi) is 3.66. The number of rotatable bonds is 3. The van der Waals surface area contributed by atoms with Crippen molar-refractivity contribution in [2.45, 2.75) is 19.9 Å². The molecule has 0 aliphatic heterocycles. The van der Waals surface area contributed by atoms with Crippen LogP contribution in [0.5, 0.6) is 5.75 Å². The van der Waals surface area contributed by atoms with E-state index in [2.05, 4.69) is 10.2 Å². The molecule has 1 aromatic carbocycles. The maximum Gasteiger partial charge on any atom is 0.269 e. The highest BCUT2D eigenvalue weighted by atomic mass is 16.5. The molecule has 0 aliphatic carbocycles. The second kappa shape index (κ2) is 5.24. The average molecular weight is 259 g/mol. The summed E-state index contributed by atoms with van der Waals surface area (Å²) in [5.74, 6) is 0.802. The highest BCUT2D eigenvalue weighted by Gasteiger charge is 2.14. The Morgan fingerprint density at radius 1 is 1.32 bits per heavy atom. The van der Waals surface area contributed by atoms with Crippen LogP contribution < -0.4 is 16.0 Å². The Morgan fingerprint density at radius 3 is 2.68 bits per heavy atom. The van der Waals surface area contributed by atoms with E-state index in [4.69, 9.17) is 10.5 Å². The monoisotopic (exact) mass is 259 g/mol. The lowest BCUT2D eigenvalue weighted by Gasteiger charge is -2.14. The van der Waals surface area contributed by atoms with Gasteiger partial charge in [-0.3, -0.25) is 4.79 Å². The molecule has 0 spiro atoms. The minimum Gasteiger partial charge on any atom is -0.496 e. The molecule has 0 saturated carbocycles. The number of ether oxygens (including phenoxy) is 1. The SMILES string of the molecule is COc1ccc(C(N)c2cc(C)n[nH]c2=O)cc1C. The van der Waals surface area contributed by atoms with Crippen LogP contribution in [0.15, 0.2) is 29.1 Å². The molecule has 1 aromatic heterocycles. The van der Waals surface area contributed by atoms with Crippen molar-refractivity contribution in [1.82, 2.24) is 10.2 Å². The van der Waals surface area contributed by atoms with Crippen LogP contribution in [0.1, 0.15) is 28.4 Å². The summed E-state index contributed by atoms with van der Waals surface area (Å²) in [6.45, 7) is 3.75. The van der Waals surface area contributed by atoms with Crippen molar-refractivity contribution in [3.05, 3.63) is 57.0 Å². The second-order valence-corrected chi connectivity index (χ2v) is 4.50. The zero-order chi connectivity index (χ0) is 14.0. The summed E-state index contributed by atoms with van der Waals surface area (Å²) >= 11 is 0. The van der Waals surface area contributed by atoms with Crippen molar-refractivity contribution in [3.63, 3.8) is 0 Å². The van der Waals surface area contributed by atoms with Gasteiger partial charge in [-0.1, -0.05) is 12.1 Å². The van der Waals surface area contributed by atoms with E-state index in [1.807, 2.05) is 32.0 Å². The van der Waals surface area contributed by atoms with Crippen molar-refractivity contribution in [3.8, 4) is 5.75 Å². The normalized spacial score (nSPS) is 12.2. The van der Waals surface area contributed by atoms with Gasteiger partial charge in [0.25, 0.3) is 5.56 Å². The van der Waals surface area contributed by atoms with E-state index in [9.17, 15) is 4.79 Å². The lowest BCUT2D eigenvalue weighted by molar-refractivity contribution is 0.411. The number of aromatic amines is 1. The maximum absolute atomic E-state index is 11.8. The number of nitrogens with two attached hydrogens (primary N) is 1. The standard InChI is InChI=1S/C14H17N3O2/c1-8-6-10(4-5-12(8)19-3)13(15)11-7-9(2)16-17-14(11)18/h4-7,13H,15H2,1-3H3,(H,17,18). The molecule has 0 radical (unpaired) electrons. The van der Waals surface area contributed by atoms with Gasteiger partial charge in [0, 0.05) is 5.56 Å². The third-order valence-corrected chi connectivity index (χ3v) is 3.07. The third-order valence-electron chi connectivity index (χ3n) is 3.07. The molecule has 1 unspecified atom stereocenters. The molecule has 5 heteroatoms. The topological polar surface area (TPSA) is 81.0 Å². The number of benzene rings is 1. The Balaban J connectivity index is 2.44. The van der Waals surface area contributed by atoms with Gasteiger partial charge in [-0.25, -0.2) is 5.10 Å². The molecule has 19 heavy (non-hydrogen) atoms. The predicted octanol–water partition coefficient (Wildman–Crippen LogP) is 1.44. The summed E-state index contributed by atoms with van der Waals surface area (Å²) in [7, 11) is 1.62. The molecule has 0 bridgehead atoms. The van der Waals surface area contributed by atoms with E-state index in [1.165, 1.54) is 0 Å². The van der Waals surface area contributed by atoms with Crippen LogP contribution in [0.25, 0.3) is 0 Å². The zero-order valence-electron chi connectivity index (χ0n) is 11.2. The van der Waals surface area contributed by atoms with Crippen molar-refractivity contribution < 1.29 is 4.74 Å². The molecule has 2 rings (SSSR count). The summed E-state index contributed by atoms with van der Waals surface area (Å²) in [6.07, 6.45) is 0. The van der Waals surface area contributed by atoms with Crippen LogP contribution in [-0.2, 0) is 0 Å². The summed E-state index contributed by atoms with van der Waals surface area (Å²) in [5, 5.41) is 6.29. The van der Waals surface area contributed by atoms with Crippen molar-refractivity contribution in [1.29, 1.82) is 0 Å². The molecule has 3 N–H and O–H groups in total. The first-order chi connectivity index (χ1) is 9.02. The number of nitrogens with one attached hydrogen (secondary N) is 1. The fourth-order valence-corrected chi connectivity index (χ4v) is 2.03. The first kappa shape index (κ1) is 13.3. The predicted molar refractivity (Wildman–Crippen MR) is 73.4 cm³/mol. The first-order valence-electron chi connectivity index (χ1n) is 5.99. The van der Waals surface area contributed by atoms with E-state index < -0.39 is 6.04 Å². The van der Waals surface area contributed by atoms with Crippen LogP contribution in [0.4, 0.5) is 0 Å². The van der Waals surface area contributed by atoms with Gasteiger partial charge in [-0.15, -0.1) is 0 Å². The maximum atomic E-state index is 11.8. The molecular formula is C14H17N3O2. The lowest BCUT2D eigenvalue weighted by Crippen LogP contribution is -2.24. The Bertz CT molecular complexity index is 649. The molecule has 2 aromatic rings. The van der Waals surface area contributed by atoms with E-state index in [0.717, 1.165) is 22.6 Å². The van der Waals surface area contributed by atoms with Crippen LogP contribution >= 0.6 is 0 Å². The Labute approximate surface area is 111 Å². The zero-order valence-corrected chi connectivity index (χ0v) is 11.2. The van der Waals surface area contributed by atoms with E-state index in [0.29, 0.717) is 5.56 Å². The van der Waals surface area contributed by atoms with Gasteiger partial charge in [-0.05, 0) is 37.1 Å². The summed E-state index contributed by atoms with van der Waals surface area (Å²) in [5.41, 5.74) is 9.00. The molecular weight excluding hydrogens is 242 g/mol. The highest BCUT2D eigenvalue weighted by Crippen LogP contribution is 2.23. The van der Waals surface area contributed by atoms with Crippen molar-refractivity contribution in [2.24, 2.45) is 5.73 Å². The van der Waals surface area contributed by atoms with E-state index in [1.54, 1.807) is 13.2 Å². The number of methoxy groups -OCH3 is 1. The number of aromatic nitrogens is 2. The first-order valence-corrected chi connectivity index (χ1v) is 5.99. The minimum absolute atomic E-state index is 0.258. The largest absolute Gasteiger partial charge is 0.496 e. The third kappa shape index (κ3) is 2.66. The number of nitrogens with zero attached hydrogens (tertiary/aromatic N) is 1. The smallest absolute Gasteiger partial charge is 0.269 e. The van der Waals surface area contributed by atoms with Crippen LogP contribution in [0.2, 0.25) is 0 Å². The molecule has 1 atom stereocenters. The summed E-state index contributed by atoms with van der Waals surface area (Å²) < 4.78 is 5.21. The summed E-state index contributed by atoms with van der Waals surface area (Å²) in [4.78, 5) is 11.8. The minimum atomic E-state index is -0.477. The number of hydrogen-bond donors (Lipinski definition) is 2. The number of hydrogen-bond acceptors (Lipinski definition) is 4. The van der Waals surface area contributed by atoms with Gasteiger partial charge in [-0.2, -0.15) is 5.10 Å². The van der Waals surface area contributed by atoms with Crippen molar-refractivity contribution in [2.75, 3.05) is 7.11 Å². The molecule has 1 heterocycles. The molecule has 5 nitrogen and oxygen atoms in total. The molecule has 0 aliphatic rings. The fraction of sp³-hybridized carbons (Fsp3) is 0.286. The molecule has 100 valence electrons. The summed E-state index contributed by atoms with van der Waals surface area (Å²) in [6, 6.07) is 6.88. The van der Waals surface area contributed by atoms with Crippen LogP contribution in [0, 0.1) is 13.8 Å². The Hall–Kier alpha value is -2.14. The van der Waals surface area contributed by atoms with Crippen molar-refractivity contribution >= 4 is 0 Å². The highest BCUT2D eigenvalue weighted by molar-refractivity contribution is 5.40. The van der Waals surface area contributed by atoms with Crippen LogP contribution in [0.3, 0.4) is 0 Å². The van der Waals surface area contributed by atoms with Gasteiger partial charge in [0.05, 0.1) is 18.8 Å². The van der Waals surface area contributed by atoms with Crippen LogP contribution in [-0.4, -0.2) is 17.3 Å². The van der Waals surface area contributed by atoms with E-state index >= 15 is 0 Å².